The quantitative estimate of drug-likeness (QED) is 0.688. The SMILES string of the molecule is COCCC1(CNCC(=O)N(C)C2CC2)CC1. The predicted octanol–water partition coefficient (Wildman–Crippen LogP) is 1.01. The van der Waals surface area contributed by atoms with Crippen molar-refractivity contribution in [3.05, 3.63) is 0 Å². The van der Waals surface area contributed by atoms with E-state index in [1.807, 2.05) is 11.9 Å². The second kappa shape index (κ2) is 5.36. The lowest BCUT2D eigenvalue weighted by Crippen LogP contribution is -2.38. The lowest BCUT2D eigenvalue weighted by Gasteiger charge is -2.19. The Hall–Kier alpha value is -0.610. The molecule has 1 N–H and O–H groups in total. The van der Waals surface area contributed by atoms with E-state index in [2.05, 4.69) is 5.32 Å². The maximum absolute atomic E-state index is 11.8. The van der Waals surface area contributed by atoms with Gasteiger partial charge in [0.25, 0.3) is 0 Å². The Morgan fingerprint density at radius 2 is 2.18 bits per heavy atom. The molecule has 0 saturated heterocycles. The molecule has 2 saturated carbocycles. The van der Waals surface area contributed by atoms with Crippen molar-refractivity contribution in [2.45, 2.75) is 38.1 Å². The van der Waals surface area contributed by atoms with E-state index in [9.17, 15) is 4.79 Å². The molecule has 0 aromatic rings. The lowest BCUT2D eigenvalue weighted by atomic mass is 10.0. The monoisotopic (exact) mass is 240 g/mol. The van der Waals surface area contributed by atoms with Crippen LogP contribution in [-0.2, 0) is 9.53 Å². The average Bonchev–Trinajstić information content (AvgIpc) is 3.20. The fraction of sp³-hybridized carbons (Fsp3) is 0.923. The molecule has 4 heteroatoms. The predicted molar refractivity (Wildman–Crippen MR) is 66.8 cm³/mol. The third kappa shape index (κ3) is 3.68. The third-order valence-corrected chi connectivity index (χ3v) is 4.06. The Kier molecular flexibility index (Phi) is 4.05. The average molecular weight is 240 g/mol. The highest BCUT2D eigenvalue weighted by molar-refractivity contribution is 5.78. The Bertz CT molecular complexity index is 273. The summed E-state index contributed by atoms with van der Waals surface area (Å²) < 4.78 is 5.12. The van der Waals surface area contributed by atoms with Crippen LogP contribution in [0.15, 0.2) is 0 Å². The molecular formula is C13H24N2O2. The van der Waals surface area contributed by atoms with E-state index in [1.165, 1.54) is 25.7 Å². The number of carbonyl (C=O) groups is 1. The molecule has 0 aromatic heterocycles. The maximum Gasteiger partial charge on any atom is 0.236 e. The highest BCUT2D eigenvalue weighted by Crippen LogP contribution is 2.48. The number of hydrogen-bond donors (Lipinski definition) is 1. The van der Waals surface area contributed by atoms with Crippen LogP contribution in [0.1, 0.15) is 32.1 Å². The van der Waals surface area contributed by atoms with Crippen molar-refractivity contribution in [2.75, 3.05) is 33.9 Å². The van der Waals surface area contributed by atoms with Crippen LogP contribution in [0.25, 0.3) is 0 Å². The molecule has 98 valence electrons. The van der Waals surface area contributed by atoms with E-state index in [4.69, 9.17) is 4.74 Å². The summed E-state index contributed by atoms with van der Waals surface area (Å²) in [5.74, 6) is 0.232. The Morgan fingerprint density at radius 1 is 1.47 bits per heavy atom. The van der Waals surface area contributed by atoms with Crippen molar-refractivity contribution in [1.29, 1.82) is 0 Å². The summed E-state index contributed by atoms with van der Waals surface area (Å²) in [5.41, 5.74) is 0.425. The van der Waals surface area contributed by atoms with Crippen molar-refractivity contribution < 1.29 is 9.53 Å². The standard InChI is InChI=1S/C13H24N2O2/c1-15(11-3-4-11)12(16)9-14-10-13(5-6-13)7-8-17-2/h11,14H,3-10H2,1-2H3. The van der Waals surface area contributed by atoms with Gasteiger partial charge in [-0.25, -0.2) is 0 Å². The van der Waals surface area contributed by atoms with Gasteiger partial charge in [0.2, 0.25) is 5.91 Å². The van der Waals surface area contributed by atoms with Crippen molar-refractivity contribution in [3.63, 3.8) is 0 Å². The molecule has 0 bridgehead atoms. The second-order valence-corrected chi connectivity index (χ2v) is 5.58. The minimum absolute atomic E-state index is 0.232. The van der Waals surface area contributed by atoms with Gasteiger partial charge in [-0.1, -0.05) is 0 Å². The number of hydrogen-bond acceptors (Lipinski definition) is 3. The fourth-order valence-corrected chi connectivity index (χ4v) is 2.24. The first-order chi connectivity index (χ1) is 8.17. The van der Waals surface area contributed by atoms with Crippen LogP contribution in [0.2, 0.25) is 0 Å². The topological polar surface area (TPSA) is 41.6 Å². The van der Waals surface area contributed by atoms with Gasteiger partial charge in [-0.05, 0) is 37.5 Å². The van der Waals surface area contributed by atoms with Gasteiger partial charge in [-0.3, -0.25) is 4.79 Å². The zero-order valence-electron chi connectivity index (χ0n) is 11.0. The number of amides is 1. The first kappa shape index (κ1) is 12.8. The molecule has 0 unspecified atom stereocenters. The first-order valence-electron chi connectivity index (χ1n) is 6.62. The van der Waals surface area contributed by atoms with Gasteiger partial charge in [-0.15, -0.1) is 0 Å². The van der Waals surface area contributed by atoms with E-state index in [0.717, 1.165) is 19.6 Å². The number of nitrogens with one attached hydrogen (secondary N) is 1. The summed E-state index contributed by atoms with van der Waals surface area (Å²) in [6, 6.07) is 0.521. The van der Waals surface area contributed by atoms with Crippen LogP contribution in [0.3, 0.4) is 0 Å². The number of methoxy groups -OCH3 is 1. The molecule has 2 aliphatic rings. The maximum atomic E-state index is 11.8. The molecule has 2 fully saturated rings. The van der Waals surface area contributed by atoms with E-state index in [-0.39, 0.29) is 5.91 Å². The van der Waals surface area contributed by atoms with Gasteiger partial charge < -0.3 is 15.0 Å². The summed E-state index contributed by atoms with van der Waals surface area (Å²) in [6.45, 7) is 2.28. The number of rotatable bonds is 8. The normalized spacial score (nSPS) is 21.3. The van der Waals surface area contributed by atoms with E-state index >= 15 is 0 Å². The summed E-state index contributed by atoms with van der Waals surface area (Å²) in [6.07, 6.45) is 6.02. The molecular weight excluding hydrogens is 216 g/mol. The molecule has 4 nitrogen and oxygen atoms in total. The molecule has 0 aromatic carbocycles. The van der Waals surface area contributed by atoms with Gasteiger partial charge in [0.15, 0.2) is 0 Å². The number of ether oxygens (including phenoxy) is 1. The zero-order valence-corrected chi connectivity index (χ0v) is 11.0. The fourth-order valence-electron chi connectivity index (χ4n) is 2.24. The van der Waals surface area contributed by atoms with Crippen molar-refractivity contribution in [2.24, 2.45) is 5.41 Å². The second-order valence-electron chi connectivity index (χ2n) is 5.58. The van der Waals surface area contributed by atoms with Crippen LogP contribution >= 0.6 is 0 Å². The van der Waals surface area contributed by atoms with Gasteiger partial charge in [0.1, 0.15) is 0 Å². The summed E-state index contributed by atoms with van der Waals surface area (Å²) >= 11 is 0. The molecule has 2 aliphatic carbocycles. The van der Waals surface area contributed by atoms with Crippen LogP contribution in [0.5, 0.6) is 0 Å². The zero-order chi connectivity index (χ0) is 12.3. The van der Waals surface area contributed by atoms with Crippen LogP contribution in [0.4, 0.5) is 0 Å². The summed E-state index contributed by atoms with van der Waals surface area (Å²) in [7, 11) is 3.66. The van der Waals surface area contributed by atoms with E-state index in [0.29, 0.717) is 18.0 Å². The smallest absolute Gasteiger partial charge is 0.236 e. The van der Waals surface area contributed by atoms with E-state index in [1.54, 1.807) is 7.11 Å². The minimum Gasteiger partial charge on any atom is -0.385 e. The summed E-state index contributed by atoms with van der Waals surface area (Å²) in [5, 5.41) is 3.31. The number of nitrogens with zero attached hydrogens (tertiary/aromatic N) is 1. The minimum atomic E-state index is 0.232. The summed E-state index contributed by atoms with van der Waals surface area (Å²) in [4.78, 5) is 13.7. The molecule has 0 heterocycles. The highest BCUT2D eigenvalue weighted by atomic mass is 16.5. The highest BCUT2D eigenvalue weighted by Gasteiger charge is 2.41. The Labute approximate surface area is 104 Å². The number of carbonyl (C=O) groups excluding carboxylic acids is 1. The van der Waals surface area contributed by atoms with Gasteiger partial charge in [0.05, 0.1) is 6.54 Å². The molecule has 0 atom stereocenters. The lowest BCUT2D eigenvalue weighted by molar-refractivity contribution is -0.129. The molecule has 2 rings (SSSR count). The van der Waals surface area contributed by atoms with Crippen molar-refractivity contribution >= 4 is 5.91 Å². The first-order valence-corrected chi connectivity index (χ1v) is 6.62. The largest absolute Gasteiger partial charge is 0.385 e. The van der Waals surface area contributed by atoms with Gasteiger partial charge >= 0.3 is 0 Å². The third-order valence-electron chi connectivity index (χ3n) is 4.06. The van der Waals surface area contributed by atoms with E-state index < -0.39 is 0 Å². The van der Waals surface area contributed by atoms with Crippen LogP contribution < -0.4 is 5.32 Å². The van der Waals surface area contributed by atoms with Crippen LogP contribution in [-0.4, -0.2) is 50.7 Å². The molecule has 17 heavy (non-hydrogen) atoms. The van der Waals surface area contributed by atoms with Gasteiger partial charge in [-0.2, -0.15) is 0 Å². The van der Waals surface area contributed by atoms with Crippen LogP contribution in [0, 0.1) is 5.41 Å². The Balaban J connectivity index is 1.60. The molecule has 0 radical (unpaired) electrons. The molecule has 0 spiro atoms. The van der Waals surface area contributed by atoms with Crippen molar-refractivity contribution in [3.8, 4) is 0 Å². The van der Waals surface area contributed by atoms with Crippen molar-refractivity contribution in [1.82, 2.24) is 10.2 Å². The molecule has 0 aliphatic heterocycles. The Morgan fingerprint density at radius 3 is 2.71 bits per heavy atom. The molecule has 1 amide bonds. The number of likely N-dealkylation sites (N-methyl/N-ethyl adjacent to an activating group) is 1. The van der Waals surface area contributed by atoms with Gasteiger partial charge in [0, 0.05) is 33.4 Å².